The van der Waals surface area contributed by atoms with Gasteiger partial charge in [0.05, 0.1) is 4.90 Å². The minimum absolute atomic E-state index is 0.0686. The third kappa shape index (κ3) is 3.23. The Kier molecular flexibility index (Phi) is 4.85. The minimum Gasteiger partial charge on any atom is -0.285 e. The number of carbonyl (C=O) groups excluding carboxylic acids is 2. The van der Waals surface area contributed by atoms with Gasteiger partial charge in [0.25, 0.3) is 11.1 Å². The van der Waals surface area contributed by atoms with Gasteiger partial charge in [-0.3, -0.25) is 14.9 Å². The lowest BCUT2D eigenvalue weighted by atomic mass is 10.2. The molecule has 1 atom stereocenters. The van der Waals surface area contributed by atoms with Crippen LogP contribution in [-0.2, 0) is 14.6 Å². The first-order valence-corrected chi connectivity index (χ1v) is 9.74. The number of hydrogen-bond acceptors (Lipinski definition) is 5. The van der Waals surface area contributed by atoms with E-state index >= 15 is 0 Å². The lowest BCUT2D eigenvalue weighted by Crippen LogP contribution is -2.43. The number of nitrogens with one attached hydrogen (secondary N) is 1. The highest BCUT2D eigenvalue weighted by molar-refractivity contribution is 8.25. The molecule has 8 heteroatoms. The summed E-state index contributed by atoms with van der Waals surface area (Å²) in [5.41, 5.74) is 0.466. The Morgan fingerprint density at radius 3 is 2.27 bits per heavy atom. The highest BCUT2D eigenvalue weighted by atomic mass is 32.3. The van der Waals surface area contributed by atoms with Crippen LogP contribution in [-0.4, -0.2) is 23.6 Å². The number of hydrogen-bond donors (Lipinski definition) is 1. The molecule has 1 aliphatic rings. The van der Waals surface area contributed by atoms with E-state index in [9.17, 15) is 22.4 Å². The van der Waals surface area contributed by atoms with E-state index in [0.717, 1.165) is 0 Å². The number of sulfone groups is 1. The Labute approximate surface area is 153 Å². The maximum Gasteiger partial charge on any atom is 0.287 e. The van der Waals surface area contributed by atoms with E-state index in [1.807, 2.05) is 5.32 Å². The molecule has 1 heterocycles. The molecule has 1 aliphatic heterocycles. The summed E-state index contributed by atoms with van der Waals surface area (Å²) in [5, 5.41) is 1.29. The van der Waals surface area contributed by atoms with E-state index in [0.29, 0.717) is 17.3 Å². The van der Waals surface area contributed by atoms with Gasteiger partial charge in [0.2, 0.25) is 13.9 Å². The largest absolute Gasteiger partial charge is 0.287 e. The SMILES string of the molecule is O=C1NC(=O)C(CC#Cc2ccc(F)cc2)(S(=O)(=O)c2ccccc2)S1. The molecule has 5 nitrogen and oxygen atoms in total. The highest BCUT2D eigenvalue weighted by Gasteiger charge is 2.58. The van der Waals surface area contributed by atoms with Crippen molar-refractivity contribution in [3.8, 4) is 11.8 Å². The van der Waals surface area contributed by atoms with Gasteiger partial charge in [-0.05, 0) is 48.2 Å². The molecule has 0 radical (unpaired) electrons. The van der Waals surface area contributed by atoms with Gasteiger partial charge in [-0.2, -0.15) is 0 Å². The standard InChI is InChI=1S/C18H12FNO4S2/c19-14-10-8-13(9-11-14)5-4-12-18(16(21)20-17(22)25-18)26(23,24)15-6-2-1-3-7-15/h1-3,6-11H,12H2,(H,20,21,22). The molecule has 0 saturated carbocycles. The van der Waals surface area contributed by atoms with E-state index in [-0.39, 0.29) is 11.3 Å². The first-order valence-electron chi connectivity index (χ1n) is 7.44. The van der Waals surface area contributed by atoms with Crippen LogP contribution in [0.1, 0.15) is 12.0 Å². The van der Waals surface area contributed by atoms with E-state index in [1.54, 1.807) is 6.07 Å². The topological polar surface area (TPSA) is 80.3 Å². The number of thioether (sulfide) groups is 1. The summed E-state index contributed by atoms with van der Waals surface area (Å²) in [7, 11) is -4.18. The number of halogens is 1. The fourth-order valence-corrected chi connectivity index (χ4v) is 5.52. The van der Waals surface area contributed by atoms with Gasteiger partial charge >= 0.3 is 0 Å². The van der Waals surface area contributed by atoms with E-state index < -0.39 is 30.9 Å². The average molecular weight is 389 g/mol. The Hall–Kier alpha value is -2.63. The van der Waals surface area contributed by atoms with Crippen molar-refractivity contribution in [2.75, 3.05) is 0 Å². The molecule has 1 fully saturated rings. The molecule has 1 N–H and O–H groups in total. The van der Waals surface area contributed by atoms with Crippen molar-refractivity contribution in [2.24, 2.45) is 0 Å². The molecule has 26 heavy (non-hydrogen) atoms. The molecule has 1 unspecified atom stereocenters. The van der Waals surface area contributed by atoms with Crippen molar-refractivity contribution in [1.29, 1.82) is 0 Å². The molecular formula is C18H12FNO4S2. The summed E-state index contributed by atoms with van der Waals surface area (Å²) in [6, 6.07) is 12.8. The predicted octanol–water partition coefficient (Wildman–Crippen LogP) is 2.72. The van der Waals surface area contributed by atoms with E-state index in [1.165, 1.54) is 48.5 Å². The summed E-state index contributed by atoms with van der Waals surface area (Å²) >= 11 is 0.410. The van der Waals surface area contributed by atoms with Gasteiger partial charge in [0, 0.05) is 12.0 Å². The predicted molar refractivity (Wildman–Crippen MR) is 95.4 cm³/mol. The number of rotatable bonds is 3. The molecule has 132 valence electrons. The molecule has 2 aromatic carbocycles. The van der Waals surface area contributed by atoms with Crippen LogP contribution in [0.2, 0.25) is 0 Å². The van der Waals surface area contributed by atoms with Gasteiger partial charge in [-0.1, -0.05) is 30.0 Å². The average Bonchev–Trinajstić information content (AvgIpc) is 2.92. The van der Waals surface area contributed by atoms with Crippen LogP contribution < -0.4 is 5.32 Å². The lowest BCUT2D eigenvalue weighted by Gasteiger charge is -2.21. The van der Waals surface area contributed by atoms with Crippen LogP contribution in [0.4, 0.5) is 9.18 Å². The van der Waals surface area contributed by atoms with Crippen molar-refractivity contribution in [1.82, 2.24) is 5.32 Å². The Balaban J connectivity index is 2.00. The second kappa shape index (κ2) is 6.94. The molecule has 0 spiro atoms. The monoisotopic (exact) mass is 389 g/mol. The highest BCUT2D eigenvalue weighted by Crippen LogP contribution is 2.43. The van der Waals surface area contributed by atoms with Crippen LogP contribution in [0.3, 0.4) is 0 Å². The number of amides is 2. The van der Waals surface area contributed by atoms with Gasteiger partial charge in [-0.25, -0.2) is 12.8 Å². The summed E-state index contributed by atoms with van der Waals surface area (Å²) in [6.07, 6.45) is -0.385. The molecule has 0 aromatic heterocycles. The molecule has 0 bridgehead atoms. The zero-order valence-electron chi connectivity index (χ0n) is 13.2. The maximum atomic E-state index is 13.0. The number of carbonyl (C=O) groups is 2. The number of benzene rings is 2. The lowest BCUT2D eigenvalue weighted by molar-refractivity contribution is -0.119. The van der Waals surface area contributed by atoms with Crippen LogP contribution in [0.25, 0.3) is 0 Å². The first kappa shape index (κ1) is 18.2. The molecule has 0 aliphatic carbocycles. The zero-order valence-corrected chi connectivity index (χ0v) is 14.9. The van der Waals surface area contributed by atoms with E-state index in [2.05, 4.69) is 11.8 Å². The Morgan fingerprint density at radius 1 is 1.04 bits per heavy atom. The second-order valence-corrected chi connectivity index (χ2v) is 9.10. The zero-order chi connectivity index (χ0) is 18.8. The summed E-state index contributed by atoms with van der Waals surface area (Å²) in [6.45, 7) is 0. The van der Waals surface area contributed by atoms with Crippen molar-refractivity contribution in [3.05, 3.63) is 66.0 Å². The molecule has 3 rings (SSSR count). The smallest absolute Gasteiger partial charge is 0.285 e. The molecular weight excluding hydrogens is 377 g/mol. The second-order valence-electron chi connectivity index (χ2n) is 5.40. The van der Waals surface area contributed by atoms with Crippen LogP contribution >= 0.6 is 11.8 Å². The quantitative estimate of drug-likeness (QED) is 0.817. The summed E-state index contributed by atoms with van der Waals surface area (Å²) in [4.78, 5) is 24.0. The van der Waals surface area contributed by atoms with Crippen LogP contribution in [0, 0.1) is 17.7 Å². The third-order valence-electron chi connectivity index (χ3n) is 3.70. The Bertz CT molecular complexity index is 1020. The van der Waals surface area contributed by atoms with E-state index in [4.69, 9.17) is 0 Å². The fourth-order valence-electron chi connectivity index (χ4n) is 2.38. The number of imide groups is 1. The maximum absolute atomic E-state index is 13.0. The van der Waals surface area contributed by atoms with Gasteiger partial charge in [0.15, 0.2) is 0 Å². The van der Waals surface area contributed by atoms with Crippen molar-refractivity contribution in [2.45, 2.75) is 15.4 Å². The Morgan fingerprint density at radius 2 is 1.69 bits per heavy atom. The molecule has 2 aromatic rings. The van der Waals surface area contributed by atoms with Crippen LogP contribution in [0.5, 0.6) is 0 Å². The fraction of sp³-hybridized carbons (Fsp3) is 0.111. The third-order valence-corrected chi connectivity index (χ3v) is 7.65. The van der Waals surface area contributed by atoms with Gasteiger partial charge in [0.1, 0.15) is 5.82 Å². The summed E-state index contributed by atoms with van der Waals surface area (Å²) < 4.78 is 37.0. The van der Waals surface area contributed by atoms with Crippen LogP contribution in [0.15, 0.2) is 59.5 Å². The molecule has 1 saturated heterocycles. The normalized spacial score (nSPS) is 19.6. The van der Waals surface area contributed by atoms with Crippen molar-refractivity contribution in [3.63, 3.8) is 0 Å². The summed E-state index contributed by atoms with van der Waals surface area (Å²) in [5.74, 6) is 4.01. The van der Waals surface area contributed by atoms with Gasteiger partial charge < -0.3 is 0 Å². The van der Waals surface area contributed by atoms with Gasteiger partial charge in [-0.15, -0.1) is 0 Å². The van der Waals surface area contributed by atoms with Crippen molar-refractivity contribution < 1.29 is 22.4 Å². The first-order chi connectivity index (χ1) is 12.3. The molecule has 2 amide bonds. The minimum atomic E-state index is -4.18. The van der Waals surface area contributed by atoms with Crippen molar-refractivity contribution >= 4 is 32.7 Å².